The summed E-state index contributed by atoms with van der Waals surface area (Å²) in [6.07, 6.45) is 7.07. The number of hydrogen-bond acceptors (Lipinski definition) is 3. The Morgan fingerprint density at radius 3 is 1.94 bits per heavy atom. The van der Waals surface area contributed by atoms with Crippen LogP contribution in [0.4, 0.5) is 0 Å². The maximum Gasteiger partial charge on any atom is 0.261 e. The first-order chi connectivity index (χ1) is 16.6. The van der Waals surface area contributed by atoms with Crippen LogP contribution >= 0.6 is 0 Å². The first kappa shape index (κ1) is 28.8. The van der Waals surface area contributed by atoms with Gasteiger partial charge in [-0.25, -0.2) is 0 Å². The summed E-state index contributed by atoms with van der Waals surface area (Å²) in [7, 11) is -2.69. The highest BCUT2D eigenvalue weighted by atomic mass is 28.4. The molecule has 0 bridgehead atoms. The molecule has 3 atom stereocenters. The zero-order chi connectivity index (χ0) is 26.1. The molecule has 2 N–H and O–H groups in total. The van der Waals surface area contributed by atoms with Crippen LogP contribution in [0.1, 0.15) is 54.4 Å². The number of benzene rings is 2. The van der Waals surface area contributed by atoms with Crippen LogP contribution in [-0.4, -0.2) is 38.6 Å². The normalized spacial score (nSPS) is 14.7. The Bertz CT molecular complexity index is 908. The first-order valence-electron chi connectivity index (χ1n) is 12.7. The molecular weight excluding hydrogens is 450 g/mol. The lowest BCUT2D eigenvalue weighted by molar-refractivity contribution is -0.128. The second kappa shape index (κ2) is 13.1. The lowest BCUT2D eigenvalue weighted by Gasteiger charge is -2.43. The topological polar surface area (TPSA) is 58.6 Å². The van der Waals surface area contributed by atoms with Crippen molar-refractivity contribution in [1.82, 2.24) is 5.32 Å². The molecule has 2 aromatic rings. The van der Waals surface area contributed by atoms with Crippen LogP contribution in [0.3, 0.4) is 0 Å². The van der Waals surface area contributed by atoms with Crippen molar-refractivity contribution >= 4 is 24.6 Å². The summed E-state index contributed by atoms with van der Waals surface area (Å²) in [5, 5.41) is 15.0. The summed E-state index contributed by atoms with van der Waals surface area (Å²) in [5.41, 5.74) is 0. The number of terminal acetylenes is 1. The van der Waals surface area contributed by atoms with Gasteiger partial charge < -0.3 is 14.8 Å². The van der Waals surface area contributed by atoms with Crippen molar-refractivity contribution in [2.24, 2.45) is 17.8 Å². The van der Waals surface area contributed by atoms with E-state index < -0.39 is 8.32 Å². The van der Waals surface area contributed by atoms with Crippen LogP contribution in [-0.2, 0) is 9.22 Å². The molecule has 0 aliphatic heterocycles. The Hall–Kier alpha value is -2.39. The van der Waals surface area contributed by atoms with Gasteiger partial charge in [0.1, 0.15) is 0 Å². The fourth-order valence-corrected chi connectivity index (χ4v) is 9.43. The third-order valence-electron chi connectivity index (χ3n) is 6.97. The zero-order valence-electron chi connectivity index (χ0n) is 22.3. The van der Waals surface area contributed by atoms with Crippen molar-refractivity contribution in [3.63, 3.8) is 0 Å². The lowest BCUT2D eigenvalue weighted by atomic mass is 9.87. The van der Waals surface area contributed by atoms with Gasteiger partial charge in [0.2, 0.25) is 5.91 Å². The van der Waals surface area contributed by atoms with Gasteiger partial charge in [-0.1, -0.05) is 102 Å². The molecule has 0 unspecified atom stereocenters. The summed E-state index contributed by atoms with van der Waals surface area (Å²) in [6.45, 7) is 13.1. The predicted octanol–water partition coefficient (Wildman–Crippen LogP) is 4.36. The number of hydrogen-bond donors (Lipinski definition) is 2. The van der Waals surface area contributed by atoms with Gasteiger partial charge in [-0.05, 0) is 34.2 Å². The molecule has 0 spiro atoms. The summed E-state index contributed by atoms with van der Waals surface area (Å²) >= 11 is 0. The van der Waals surface area contributed by atoms with E-state index in [1.54, 1.807) is 0 Å². The number of aliphatic hydroxyl groups is 1. The molecule has 0 aliphatic rings. The summed E-state index contributed by atoms with van der Waals surface area (Å²) in [6, 6.07) is 20.7. The van der Waals surface area contributed by atoms with E-state index in [2.05, 4.69) is 80.5 Å². The molecule has 0 fully saturated rings. The van der Waals surface area contributed by atoms with Gasteiger partial charge >= 0.3 is 0 Å². The Morgan fingerprint density at radius 1 is 1.06 bits per heavy atom. The molecule has 0 saturated heterocycles. The van der Waals surface area contributed by atoms with Crippen molar-refractivity contribution < 1.29 is 14.3 Å². The fraction of sp³-hybridized carbons (Fsp3) is 0.500. The molecule has 4 nitrogen and oxygen atoms in total. The Balaban J connectivity index is 2.40. The Morgan fingerprint density at radius 2 is 1.57 bits per heavy atom. The lowest BCUT2D eigenvalue weighted by Crippen LogP contribution is -2.66. The van der Waals surface area contributed by atoms with Crippen molar-refractivity contribution in [2.75, 3.05) is 13.2 Å². The van der Waals surface area contributed by atoms with E-state index in [-0.39, 0.29) is 41.3 Å². The fourth-order valence-electron chi connectivity index (χ4n) is 4.85. The molecule has 0 aliphatic carbocycles. The van der Waals surface area contributed by atoms with E-state index in [0.29, 0.717) is 19.4 Å². The Labute approximate surface area is 213 Å². The minimum Gasteiger partial charge on any atom is -0.407 e. The zero-order valence-corrected chi connectivity index (χ0v) is 23.3. The molecule has 0 saturated carbocycles. The van der Waals surface area contributed by atoms with Crippen LogP contribution in [0, 0.1) is 30.1 Å². The van der Waals surface area contributed by atoms with Crippen LogP contribution in [0.15, 0.2) is 60.7 Å². The van der Waals surface area contributed by atoms with Crippen LogP contribution in [0.5, 0.6) is 0 Å². The maximum atomic E-state index is 13.3. The standard InChI is InChI=1S/C30H43NO3Si/c1-8-24(9-2)27(29(33)31-28(22-32)23(3)4)20-21-34-35(30(5,6)7,25-16-12-10-13-17-25)26-18-14-11-15-19-26/h1,10-19,23-24,27-28,32H,9,20-22H2,2-7H3,(H,31,33)/t24-,27+,28-/m1/s1. The molecule has 190 valence electrons. The third-order valence-corrected chi connectivity index (χ3v) is 12.0. The minimum absolute atomic E-state index is 0.0957. The highest BCUT2D eigenvalue weighted by molar-refractivity contribution is 6.99. The van der Waals surface area contributed by atoms with Crippen molar-refractivity contribution in [2.45, 2.75) is 65.5 Å². The molecule has 1 amide bonds. The monoisotopic (exact) mass is 493 g/mol. The van der Waals surface area contributed by atoms with E-state index in [1.807, 2.05) is 32.9 Å². The van der Waals surface area contributed by atoms with Crippen LogP contribution in [0.25, 0.3) is 0 Å². The summed E-state index contributed by atoms with van der Waals surface area (Å²) < 4.78 is 7.01. The highest BCUT2D eigenvalue weighted by Gasteiger charge is 2.50. The van der Waals surface area contributed by atoms with Gasteiger partial charge in [0.15, 0.2) is 0 Å². The number of nitrogens with one attached hydrogen (secondary N) is 1. The van der Waals surface area contributed by atoms with Crippen LogP contribution in [0.2, 0.25) is 5.04 Å². The number of aliphatic hydroxyl groups excluding tert-OH is 1. The molecule has 2 rings (SSSR count). The third kappa shape index (κ3) is 6.85. The van der Waals surface area contributed by atoms with Gasteiger partial charge in [-0.3, -0.25) is 4.79 Å². The van der Waals surface area contributed by atoms with E-state index in [1.165, 1.54) is 10.4 Å². The van der Waals surface area contributed by atoms with Gasteiger partial charge in [-0.15, -0.1) is 12.3 Å². The van der Waals surface area contributed by atoms with Gasteiger partial charge in [0.25, 0.3) is 8.32 Å². The average Bonchev–Trinajstić information content (AvgIpc) is 2.84. The maximum absolute atomic E-state index is 13.3. The van der Waals surface area contributed by atoms with E-state index in [0.717, 1.165) is 0 Å². The quantitative estimate of drug-likeness (QED) is 0.341. The first-order valence-corrected chi connectivity index (χ1v) is 14.7. The molecule has 5 heteroatoms. The van der Waals surface area contributed by atoms with Gasteiger partial charge in [0.05, 0.1) is 18.6 Å². The second-order valence-corrected chi connectivity index (χ2v) is 14.9. The number of rotatable bonds is 12. The second-order valence-electron chi connectivity index (χ2n) is 10.6. The average molecular weight is 494 g/mol. The number of carbonyl (C=O) groups excluding carboxylic acids is 1. The molecular formula is C30H43NO3Si. The molecule has 0 heterocycles. The molecule has 35 heavy (non-hydrogen) atoms. The number of carbonyl (C=O) groups is 1. The largest absolute Gasteiger partial charge is 0.407 e. The van der Waals surface area contributed by atoms with Gasteiger partial charge in [0, 0.05) is 12.5 Å². The van der Waals surface area contributed by atoms with Gasteiger partial charge in [-0.2, -0.15) is 0 Å². The van der Waals surface area contributed by atoms with Crippen molar-refractivity contribution in [1.29, 1.82) is 0 Å². The number of amides is 1. The van der Waals surface area contributed by atoms with Crippen molar-refractivity contribution in [3.8, 4) is 12.3 Å². The van der Waals surface area contributed by atoms with Crippen LogP contribution < -0.4 is 15.7 Å². The van der Waals surface area contributed by atoms with E-state index in [4.69, 9.17) is 10.8 Å². The SMILES string of the molecule is C#C[C@H](CC)[C@H](CCO[Si](c1ccccc1)(c1ccccc1)C(C)(C)C)C(=O)N[C@H](CO)C(C)C. The molecule has 2 aromatic carbocycles. The molecule has 0 aromatic heterocycles. The van der Waals surface area contributed by atoms with E-state index in [9.17, 15) is 9.90 Å². The van der Waals surface area contributed by atoms with Crippen molar-refractivity contribution in [3.05, 3.63) is 60.7 Å². The smallest absolute Gasteiger partial charge is 0.261 e. The summed E-state index contributed by atoms with van der Waals surface area (Å²) in [4.78, 5) is 13.3. The summed E-state index contributed by atoms with van der Waals surface area (Å²) in [5.74, 6) is 2.28. The molecule has 0 radical (unpaired) electrons. The predicted molar refractivity (Wildman–Crippen MR) is 148 cm³/mol. The minimum atomic E-state index is -2.69. The Kier molecular flexibility index (Phi) is 10.8. The highest BCUT2D eigenvalue weighted by Crippen LogP contribution is 2.37. The van der Waals surface area contributed by atoms with E-state index >= 15 is 0 Å².